The molecule has 1 aliphatic heterocycles. The van der Waals surface area contributed by atoms with Crippen molar-refractivity contribution in [1.82, 2.24) is 9.88 Å². The molecular weight excluding hydrogens is 273 g/mol. The zero-order valence-corrected chi connectivity index (χ0v) is 11.9. The predicted octanol–water partition coefficient (Wildman–Crippen LogP) is 1.57. The highest BCUT2D eigenvalue weighted by atomic mass is 19.1. The van der Waals surface area contributed by atoms with Gasteiger partial charge in [-0.15, -0.1) is 0 Å². The van der Waals surface area contributed by atoms with Crippen LogP contribution in [0.4, 0.5) is 10.2 Å². The van der Waals surface area contributed by atoms with Gasteiger partial charge in [-0.05, 0) is 25.3 Å². The van der Waals surface area contributed by atoms with Crippen molar-refractivity contribution in [3.05, 3.63) is 23.6 Å². The quantitative estimate of drug-likeness (QED) is 0.823. The van der Waals surface area contributed by atoms with Crippen LogP contribution >= 0.6 is 0 Å². The van der Waals surface area contributed by atoms with Crippen LogP contribution in [0, 0.1) is 11.7 Å². The van der Waals surface area contributed by atoms with E-state index in [-0.39, 0.29) is 23.2 Å². The maximum atomic E-state index is 13.9. The Balaban J connectivity index is 1.79. The van der Waals surface area contributed by atoms with Crippen molar-refractivity contribution in [2.24, 2.45) is 5.92 Å². The van der Waals surface area contributed by atoms with E-state index in [2.05, 4.69) is 4.98 Å². The number of carbonyl (C=O) groups excluding carboxylic acids is 1. The molecule has 2 atom stereocenters. The number of aromatic nitrogens is 1. The van der Waals surface area contributed by atoms with Crippen molar-refractivity contribution in [3.63, 3.8) is 0 Å². The number of aliphatic hydroxyl groups is 1. The summed E-state index contributed by atoms with van der Waals surface area (Å²) < 4.78 is 13.9. The van der Waals surface area contributed by atoms with Crippen LogP contribution in [0.2, 0.25) is 0 Å². The number of fused-ring (bicyclic) bond motifs is 1. The number of nitrogens with zero attached hydrogens (tertiary/aromatic N) is 2. The molecule has 5 nitrogen and oxygen atoms in total. The normalized spacial score (nSPS) is 29.0. The van der Waals surface area contributed by atoms with E-state index >= 15 is 0 Å². The van der Waals surface area contributed by atoms with Crippen LogP contribution in [0.25, 0.3) is 0 Å². The second-order valence-corrected chi connectivity index (χ2v) is 6.11. The van der Waals surface area contributed by atoms with E-state index in [1.807, 2.05) is 0 Å². The average Bonchev–Trinajstić information content (AvgIpc) is 2.48. The molecule has 21 heavy (non-hydrogen) atoms. The minimum absolute atomic E-state index is 0.0382. The monoisotopic (exact) mass is 293 g/mol. The fourth-order valence-electron chi connectivity index (χ4n) is 3.55. The molecule has 2 heterocycles. The Kier molecular flexibility index (Phi) is 3.57. The molecule has 2 aliphatic rings. The summed E-state index contributed by atoms with van der Waals surface area (Å²) in [5, 5.41) is 10.6. The molecule has 2 unspecified atom stereocenters. The summed E-state index contributed by atoms with van der Waals surface area (Å²) in [4.78, 5) is 17.7. The maximum absolute atomic E-state index is 13.9. The zero-order chi connectivity index (χ0) is 15.0. The molecule has 1 aliphatic carbocycles. The van der Waals surface area contributed by atoms with Crippen LogP contribution in [0.5, 0.6) is 0 Å². The fourth-order valence-corrected chi connectivity index (χ4v) is 3.55. The van der Waals surface area contributed by atoms with Gasteiger partial charge in [0.25, 0.3) is 5.91 Å². The van der Waals surface area contributed by atoms with Gasteiger partial charge in [0.1, 0.15) is 0 Å². The standard InChI is InChI=1S/C15H20FN3O2/c16-12-11(4-7-18-13(12)17)14(20)19-8-6-15(21)5-2-1-3-10(15)9-19/h4,7,10,21H,1-3,5-6,8-9H2,(H2,17,18). The van der Waals surface area contributed by atoms with E-state index in [1.54, 1.807) is 4.90 Å². The molecule has 0 bridgehead atoms. The number of pyridine rings is 1. The summed E-state index contributed by atoms with van der Waals surface area (Å²) >= 11 is 0. The van der Waals surface area contributed by atoms with Crippen LogP contribution in [-0.4, -0.2) is 39.6 Å². The Morgan fingerprint density at radius 1 is 1.48 bits per heavy atom. The van der Waals surface area contributed by atoms with Crippen molar-refractivity contribution < 1.29 is 14.3 Å². The molecule has 3 N–H and O–H groups in total. The highest BCUT2D eigenvalue weighted by molar-refractivity contribution is 5.95. The highest BCUT2D eigenvalue weighted by Crippen LogP contribution is 2.40. The van der Waals surface area contributed by atoms with Crippen molar-refractivity contribution in [2.45, 2.75) is 37.7 Å². The number of anilines is 1. The molecule has 6 heteroatoms. The van der Waals surface area contributed by atoms with Crippen molar-refractivity contribution in [2.75, 3.05) is 18.8 Å². The van der Waals surface area contributed by atoms with Gasteiger partial charge in [-0.3, -0.25) is 4.79 Å². The number of likely N-dealkylation sites (tertiary alicyclic amines) is 1. The van der Waals surface area contributed by atoms with Crippen molar-refractivity contribution >= 4 is 11.7 Å². The van der Waals surface area contributed by atoms with Gasteiger partial charge in [0.05, 0.1) is 11.2 Å². The van der Waals surface area contributed by atoms with Crippen LogP contribution in [0.15, 0.2) is 12.3 Å². The zero-order valence-electron chi connectivity index (χ0n) is 11.9. The first kappa shape index (κ1) is 14.3. The molecule has 1 aromatic rings. The third kappa shape index (κ3) is 2.48. The smallest absolute Gasteiger partial charge is 0.257 e. The molecule has 114 valence electrons. The van der Waals surface area contributed by atoms with E-state index in [1.165, 1.54) is 12.3 Å². The highest BCUT2D eigenvalue weighted by Gasteiger charge is 2.44. The first-order chi connectivity index (χ1) is 10.0. The number of amides is 1. The first-order valence-electron chi connectivity index (χ1n) is 7.43. The number of carbonyl (C=O) groups is 1. The van der Waals surface area contributed by atoms with Gasteiger partial charge in [0.15, 0.2) is 11.6 Å². The first-order valence-corrected chi connectivity index (χ1v) is 7.43. The minimum Gasteiger partial charge on any atom is -0.389 e. The molecule has 0 radical (unpaired) electrons. The predicted molar refractivity (Wildman–Crippen MR) is 76.0 cm³/mol. The van der Waals surface area contributed by atoms with Gasteiger partial charge in [-0.2, -0.15) is 0 Å². The van der Waals surface area contributed by atoms with Crippen molar-refractivity contribution in [1.29, 1.82) is 0 Å². The molecule has 1 saturated carbocycles. The van der Waals surface area contributed by atoms with Gasteiger partial charge in [-0.1, -0.05) is 12.8 Å². The summed E-state index contributed by atoms with van der Waals surface area (Å²) in [5.41, 5.74) is 4.73. The van der Waals surface area contributed by atoms with E-state index in [0.29, 0.717) is 19.5 Å². The lowest BCUT2D eigenvalue weighted by Gasteiger charge is -2.47. The number of piperidine rings is 1. The second-order valence-electron chi connectivity index (χ2n) is 6.11. The minimum atomic E-state index is -0.757. The summed E-state index contributed by atoms with van der Waals surface area (Å²) in [6, 6.07) is 1.36. The summed E-state index contributed by atoms with van der Waals surface area (Å²) in [6.45, 7) is 0.935. The van der Waals surface area contributed by atoms with Crippen LogP contribution in [-0.2, 0) is 0 Å². The number of hydrogen-bond donors (Lipinski definition) is 2. The Morgan fingerprint density at radius 2 is 2.29 bits per heavy atom. The summed E-state index contributed by atoms with van der Waals surface area (Å²) in [7, 11) is 0. The van der Waals surface area contributed by atoms with E-state index in [4.69, 9.17) is 5.73 Å². The van der Waals surface area contributed by atoms with Crippen LogP contribution in [0.3, 0.4) is 0 Å². The van der Waals surface area contributed by atoms with E-state index in [9.17, 15) is 14.3 Å². The molecule has 1 aromatic heterocycles. The third-order valence-electron chi connectivity index (χ3n) is 4.86. The third-order valence-corrected chi connectivity index (χ3v) is 4.86. The van der Waals surface area contributed by atoms with Gasteiger partial charge < -0.3 is 15.7 Å². The molecule has 0 spiro atoms. The lowest BCUT2D eigenvalue weighted by molar-refractivity contribution is -0.0886. The second kappa shape index (κ2) is 5.26. The number of nitrogen functional groups attached to an aromatic ring is 1. The van der Waals surface area contributed by atoms with Gasteiger partial charge in [0, 0.05) is 25.2 Å². The van der Waals surface area contributed by atoms with Gasteiger partial charge in [0.2, 0.25) is 0 Å². The summed E-state index contributed by atoms with van der Waals surface area (Å²) in [6.07, 6.45) is 5.73. The molecule has 1 saturated heterocycles. The van der Waals surface area contributed by atoms with E-state index < -0.39 is 11.4 Å². The largest absolute Gasteiger partial charge is 0.389 e. The SMILES string of the molecule is Nc1nccc(C(=O)N2CCC3(O)CCCCC3C2)c1F. The number of halogens is 1. The summed E-state index contributed by atoms with van der Waals surface area (Å²) in [5.74, 6) is -1.29. The Bertz CT molecular complexity index is 566. The molecule has 3 rings (SSSR count). The molecule has 1 amide bonds. The number of hydrogen-bond acceptors (Lipinski definition) is 4. The Hall–Kier alpha value is -1.69. The van der Waals surface area contributed by atoms with Crippen LogP contribution < -0.4 is 5.73 Å². The lowest BCUT2D eigenvalue weighted by Crippen LogP contribution is -2.54. The lowest BCUT2D eigenvalue weighted by atomic mass is 9.71. The van der Waals surface area contributed by atoms with Gasteiger partial charge in [-0.25, -0.2) is 9.37 Å². The van der Waals surface area contributed by atoms with Crippen LogP contribution in [0.1, 0.15) is 42.5 Å². The fraction of sp³-hybridized carbons (Fsp3) is 0.600. The number of nitrogens with two attached hydrogens (primary N) is 1. The maximum Gasteiger partial charge on any atom is 0.257 e. The molecule has 0 aromatic carbocycles. The van der Waals surface area contributed by atoms with Gasteiger partial charge >= 0.3 is 0 Å². The number of rotatable bonds is 1. The Morgan fingerprint density at radius 3 is 3.10 bits per heavy atom. The Labute approximate surface area is 123 Å². The molecule has 2 fully saturated rings. The average molecular weight is 293 g/mol. The van der Waals surface area contributed by atoms with Crippen molar-refractivity contribution in [3.8, 4) is 0 Å². The molecular formula is C15H20FN3O2. The van der Waals surface area contributed by atoms with E-state index in [0.717, 1.165) is 25.7 Å². The topological polar surface area (TPSA) is 79.5 Å².